The quantitative estimate of drug-likeness (QED) is 0.910. The molecule has 0 aromatic heterocycles. The topological polar surface area (TPSA) is 55.6 Å². The van der Waals surface area contributed by atoms with Gasteiger partial charge in [0.2, 0.25) is 5.91 Å². The van der Waals surface area contributed by atoms with Crippen molar-refractivity contribution in [3.63, 3.8) is 0 Å². The van der Waals surface area contributed by atoms with Gasteiger partial charge in [-0.1, -0.05) is 19.1 Å². The van der Waals surface area contributed by atoms with E-state index in [1.807, 2.05) is 24.0 Å². The van der Waals surface area contributed by atoms with Crippen LogP contribution in [0.4, 0.5) is 0 Å². The molecule has 2 N–H and O–H groups in total. The van der Waals surface area contributed by atoms with Gasteiger partial charge in [0.15, 0.2) is 0 Å². The molecule has 1 saturated heterocycles. The maximum Gasteiger partial charge on any atom is 0.226 e. The second-order valence-corrected chi connectivity index (χ2v) is 6.40. The third-order valence-electron chi connectivity index (χ3n) is 4.70. The Morgan fingerprint density at radius 2 is 2.18 bits per heavy atom. The number of piperidine rings is 1. The molecule has 122 valence electrons. The van der Waals surface area contributed by atoms with Crippen LogP contribution in [-0.4, -0.2) is 36.5 Å². The molecule has 0 spiro atoms. The van der Waals surface area contributed by atoms with Crippen LogP contribution in [0.5, 0.6) is 5.75 Å². The SMILES string of the molecule is Cc1cccc(OCCC(=O)N2CCC(C)CC2CN)c1C. The molecule has 0 bridgehead atoms. The molecule has 1 heterocycles. The van der Waals surface area contributed by atoms with Crippen LogP contribution in [0.3, 0.4) is 0 Å². The van der Waals surface area contributed by atoms with Crippen LogP contribution in [0.15, 0.2) is 18.2 Å². The first-order valence-electron chi connectivity index (χ1n) is 8.21. The smallest absolute Gasteiger partial charge is 0.226 e. The summed E-state index contributed by atoms with van der Waals surface area (Å²) >= 11 is 0. The first-order valence-corrected chi connectivity index (χ1v) is 8.21. The lowest BCUT2D eigenvalue weighted by atomic mass is 9.92. The van der Waals surface area contributed by atoms with E-state index in [2.05, 4.69) is 19.9 Å². The van der Waals surface area contributed by atoms with Gasteiger partial charge in [0.05, 0.1) is 13.0 Å². The highest BCUT2D eigenvalue weighted by Gasteiger charge is 2.28. The average molecular weight is 304 g/mol. The van der Waals surface area contributed by atoms with Crippen LogP contribution in [0.2, 0.25) is 0 Å². The third-order valence-corrected chi connectivity index (χ3v) is 4.70. The molecule has 1 fully saturated rings. The van der Waals surface area contributed by atoms with Crippen LogP contribution >= 0.6 is 0 Å². The van der Waals surface area contributed by atoms with E-state index in [1.54, 1.807) is 0 Å². The monoisotopic (exact) mass is 304 g/mol. The second-order valence-electron chi connectivity index (χ2n) is 6.40. The third kappa shape index (κ3) is 4.01. The predicted octanol–water partition coefficient (Wildman–Crippen LogP) is 2.66. The number of hydrogen-bond acceptors (Lipinski definition) is 3. The number of rotatable bonds is 5. The van der Waals surface area contributed by atoms with Crippen molar-refractivity contribution in [1.29, 1.82) is 0 Å². The van der Waals surface area contributed by atoms with E-state index in [9.17, 15) is 4.79 Å². The number of benzene rings is 1. The highest BCUT2D eigenvalue weighted by molar-refractivity contribution is 5.76. The number of carbonyl (C=O) groups excluding carboxylic acids is 1. The Morgan fingerprint density at radius 1 is 1.41 bits per heavy atom. The number of hydrogen-bond donors (Lipinski definition) is 1. The zero-order valence-corrected chi connectivity index (χ0v) is 14.0. The molecule has 4 nitrogen and oxygen atoms in total. The van der Waals surface area contributed by atoms with Gasteiger partial charge in [-0.15, -0.1) is 0 Å². The Bertz CT molecular complexity index is 516. The summed E-state index contributed by atoms with van der Waals surface area (Å²) in [6, 6.07) is 6.19. The van der Waals surface area contributed by atoms with E-state index in [1.165, 1.54) is 5.56 Å². The number of carbonyl (C=O) groups is 1. The van der Waals surface area contributed by atoms with Crippen LogP contribution in [0, 0.1) is 19.8 Å². The van der Waals surface area contributed by atoms with Crippen LogP contribution in [0.25, 0.3) is 0 Å². The van der Waals surface area contributed by atoms with Gasteiger partial charge in [0.25, 0.3) is 0 Å². The van der Waals surface area contributed by atoms with Gasteiger partial charge in [-0.3, -0.25) is 4.79 Å². The number of amides is 1. The van der Waals surface area contributed by atoms with E-state index >= 15 is 0 Å². The zero-order valence-electron chi connectivity index (χ0n) is 14.0. The minimum Gasteiger partial charge on any atom is -0.493 e. The molecule has 1 aromatic carbocycles. The van der Waals surface area contributed by atoms with Crippen molar-refractivity contribution < 1.29 is 9.53 Å². The number of ether oxygens (including phenoxy) is 1. The van der Waals surface area contributed by atoms with Crippen molar-refractivity contribution in [2.75, 3.05) is 19.7 Å². The van der Waals surface area contributed by atoms with Crippen LogP contribution < -0.4 is 10.5 Å². The summed E-state index contributed by atoms with van der Waals surface area (Å²) in [4.78, 5) is 14.4. The van der Waals surface area contributed by atoms with E-state index in [0.717, 1.165) is 30.7 Å². The molecule has 1 amide bonds. The molecule has 4 heteroatoms. The summed E-state index contributed by atoms with van der Waals surface area (Å²) in [6.07, 6.45) is 2.50. The zero-order chi connectivity index (χ0) is 16.1. The van der Waals surface area contributed by atoms with Gasteiger partial charge in [-0.05, 0) is 49.8 Å². The van der Waals surface area contributed by atoms with Gasteiger partial charge in [0, 0.05) is 19.1 Å². The van der Waals surface area contributed by atoms with E-state index < -0.39 is 0 Å². The van der Waals surface area contributed by atoms with Gasteiger partial charge in [-0.25, -0.2) is 0 Å². The lowest BCUT2D eigenvalue weighted by Gasteiger charge is -2.38. The lowest BCUT2D eigenvalue weighted by molar-refractivity contribution is -0.135. The summed E-state index contributed by atoms with van der Waals surface area (Å²) in [7, 11) is 0. The van der Waals surface area contributed by atoms with Crippen molar-refractivity contribution in [1.82, 2.24) is 4.90 Å². The van der Waals surface area contributed by atoms with Crippen molar-refractivity contribution in [2.24, 2.45) is 11.7 Å². The maximum absolute atomic E-state index is 12.4. The van der Waals surface area contributed by atoms with E-state index in [4.69, 9.17) is 10.5 Å². The Balaban J connectivity index is 1.86. The molecule has 0 saturated carbocycles. The first kappa shape index (κ1) is 16.8. The van der Waals surface area contributed by atoms with Crippen molar-refractivity contribution in [3.05, 3.63) is 29.3 Å². The highest BCUT2D eigenvalue weighted by Crippen LogP contribution is 2.23. The normalized spacial score (nSPS) is 21.7. The van der Waals surface area contributed by atoms with Crippen molar-refractivity contribution in [3.8, 4) is 5.75 Å². The minimum absolute atomic E-state index is 0.160. The second kappa shape index (κ2) is 7.63. The molecule has 2 atom stereocenters. The summed E-state index contributed by atoms with van der Waals surface area (Å²) < 4.78 is 5.79. The summed E-state index contributed by atoms with van der Waals surface area (Å²) in [6.45, 7) is 8.14. The minimum atomic E-state index is 0.160. The number of likely N-dealkylation sites (tertiary alicyclic amines) is 1. The lowest BCUT2D eigenvalue weighted by Crippen LogP contribution is -2.49. The largest absolute Gasteiger partial charge is 0.493 e. The molecule has 1 aliphatic rings. The average Bonchev–Trinajstić information content (AvgIpc) is 2.51. The molecular weight excluding hydrogens is 276 g/mol. The maximum atomic E-state index is 12.4. The Kier molecular flexibility index (Phi) is 5.83. The predicted molar refractivity (Wildman–Crippen MR) is 89.0 cm³/mol. The molecule has 0 aliphatic carbocycles. The molecule has 1 aromatic rings. The summed E-state index contributed by atoms with van der Waals surface area (Å²) in [5.74, 6) is 1.69. The number of aryl methyl sites for hydroxylation is 1. The molecule has 2 rings (SSSR count). The fourth-order valence-electron chi connectivity index (χ4n) is 3.08. The van der Waals surface area contributed by atoms with Gasteiger partial charge < -0.3 is 15.4 Å². The Morgan fingerprint density at radius 3 is 2.91 bits per heavy atom. The number of nitrogens with zero attached hydrogens (tertiary/aromatic N) is 1. The molecule has 0 radical (unpaired) electrons. The molecule has 22 heavy (non-hydrogen) atoms. The van der Waals surface area contributed by atoms with Crippen molar-refractivity contribution in [2.45, 2.75) is 46.1 Å². The number of nitrogens with two attached hydrogens (primary N) is 1. The molecule has 2 unspecified atom stereocenters. The van der Waals surface area contributed by atoms with Gasteiger partial charge in [-0.2, -0.15) is 0 Å². The standard InChI is InChI=1S/C18H28N2O2/c1-13-7-9-20(16(11-13)12-19)18(21)8-10-22-17-6-4-5-14(2)15(17)3/h4-6,13,16H,7-12,19H2,1-3H3. The molecular formula is C18H28N2O2. The highest BCUT2D eigenvalue weighted by atomic mass is 16.5. The van der Waals surface area contributed by atoms with Crippen molar-refractivity contribution >= 4 is 5.91 Å². The van der Waals surface area contributed by atoms with Gasteiger partial charge >= 0.3 is 0 Å². The Hall–Kier alpha value is -1.55. The first-order chi connectivity index (χ1) is 10.5. The van der Waals surface area contributed by atoms with E-state index in [0.29, 0.717) is 25.5 Å². The fourth-order valence-corrected chi connectivity index (χ4v) is 3.08. The Labute approximate surface area is 133 Å². The molecule has 1 aliphatic heterocycles. The summed E-state index contributed by atoms with van der Waals surface area (Å²) in [5, 5.41) is 0. The van der Waals surface area contributed by atoms with Gasteiger partial charge in [0.1, 0.15) is 5.75 Å². The summed E-state index contributed by atoms with van der Waals surface area (Å²) in [5.41, 5.74) is 8.17. The van der Waals surface area contributed by atoms with E-state index in [-0.39, 0.29) is 11.9 Å². The van der Waals surface area contributed by atoms with Crippen LogP contribution in [0.1, 0.15) is 37.3 Å². The fraction of sp³-hybridized carbons (Fsp3) is 0.611. The van der Waals surface area contributed by atoms with Crippen LogP contribution in [-0.2, 0) is 4.79 Å².